The summed E-state index contributed by atoms with van der Waals surface area (Å²) in [6, 6.07) is 1.17. The number of rotatable bonds is 4. The zero-order chi connectivity index (χ0) is 15.5. The molecule has 0 aromatic carbocycles. The second-order valence-corrected chi connectivity index (χ2v) is 6.73. The first-order valence-electron chi connectivity index (χ1n) is 6.80. The molecule has 1 aliphatic heterocycles. The Balaban J connectivity index is 2.23. The van der Waals surface area contributed by atoms with E-state index in [9.17, 15) is 18.0 Å². The van der Waals surface area contributed by atoms with Gasteiger partial charge in [-0.1, -0.05) is 0 Å². The Morgan fingerprint density at radius 1 is 1.52 bits per heavy atom. The number of nitrogens with zero attached hydrogens (tertiary/aromatic N) is 1. The van der Waals surface area contributed by atoms with Crippen LogP contribution in [0.15, 0.2) is 28.2 Å². The third kappa shape index (κ3) is 3.33. The molecule has 1 aromatic rings. The lowest BCUT2D eigenvalue weighted by Gasteiger charge is -2.30. The number of esters is 1. The molecule has 1 N–H and O–H groups in total. The molecule has 1 unspecified atom stereocenters. The molecular formula is C13H18N2O5S. The zero-order valence-corrected chi connectivity index (χ0v) is 12.6. The van der Waals surface area contributed by atoms with Gasteiger partial charge in [0.25, 0.3) is 0 Å². The Bertz CT molecular complexity index is 667. The van der Waals surface area contributed by atoms with Crippen molar-refractivity contribution >= 4 is 16.0 Å². The molecule has 0 saturated carbocycles. The lowest BCUT2D eigenvalue weighted by Crippen LogP contribution is -2.43. The molecule has 2 heterocycles. The number of piperidine rings is 1. The van der Waals surface area contributed by atoms with Crippen molar-refractivity contribution < 1.29 is 17.9 Å². The van der Waals surface area contributed by atoms with Gasteiger partial charge in [-0.2, -0.15) is 4.31 Å². The number of carbonyl (C=O) groups is 1. The molecule has 0 spiro atoms. The molecule has 0 radical (unpaired) electrons. The molecule has 1 atom stereocenters. The molecule has 21 heavy (non-hydrogen) atoms. The second-order valence-electron chi connectivity index (χ2n) is 4.83. The molecule has 0 bridgehead atoms. The van der Waals surface area contributed by atoms with Crippen LogP contribution in [0.5, 0.6) is 0 Å². The maximum absolute atomic E-state index is 12.5. The second kappa shape index (κ2) is 6.40. The number of hydrogen-bond acceptors (Lipinski definition) is 5. The van der Waals surface area contributed by atoms with Crippen molar-refractivity contribution in [3.05, 3.63) is 28.7 Å². The molecule has 1 aliphatic rings. The highest BCUT2D eigenvalue weighted by Crippen LogP contribution is 2.23. The smallest absolute Gasteiger partial charge is 0.310 e. The van der Waals surface area contributed by atoms with Crippen LogP contribution in [0.2, 0.25) is 0 Å². The Hall–Kier alpha value is -1.67. The lowest BCUT2D eigenvalue weighted by atomic mass is 10.0. The first kappa shape index (κ1) is 15.7. The van der Waals surface area contributed by atoms with E-state index in [-0.39, 0.29) is 24.0 Å². The molecule has 8 heteroatoms. The topological polar surface area (TPSA) is 96.5 Å². The van der Waals surface area contributed by atoms with Crippen molar-refractivity contribution in [1.29, 1.82) is 0 Å². The maximum atomic E-state index is 12.5. The summed E-state index contributed by atoms with van der Waals surface area (Å²) >= 11 is 0. The van der Waals surface area contributed by atoms with Crippen LogP contribution in [0.4, 0.5) is 0 Å². The molecule has 0 amide bonds. The van der Waals surface area contributed by atoms with Crippen molar-refractivity contribution in [1.82, 2.24) is 9.29 Å². The summed E-state index contributed by atoms with van der Waals surface area (Å²) in [6.45, 7) is 2.32. The summed E-state index contributed by atoms with van der Waals surface area (Å²) in [4.78, 5) is 25.8. The number of pyridine rings is 1. The molecule has 0 aliphatic carbocycles. The predicted octanol–water partition coefficient (Wildman–Crippen LogP) is 0.339. The number of aromatic amines is 1. The van der Waals surface area contributed by atoms with Gasteiger partial charge in [0.05, 0.1) is 12.5 Å². The number of ether oxygens (including phenoxy) is 1. The van der Waals surface area contributed by atoms with Crippen LogP contribution in [0.3, 0.4) is 0 Å². The highest BCUT2D eigenvalue weighted by molar-refractivity contribution is 7.89. The van der Waals surface area contributed by atoms with Gasteiger partial charge in [0.15, 0.2) is 0 Å². The van der Waals surface area contributed by atoms with Gasteiger partial charge in [0.2, 0.25) is 15.5 Å². The lowest BCUT2D eigenvalue weighted by molar-refractivity contribution is -0.149. The van der Waals surface area contributed by atoms with Gasteiger partial charge < -0.3 is 9.72 Å². The van der Waals surface area contributed by atoms with E-state index in [2.05, 4.69) is 4.98 Å². The minimum atomic E-state index is -3.89. The molecule has 1 saturated heterocycles. The Labute approximate surface area is 123 Å². The fourth-order valence-electron chi connectivity index (χ4n) is 2.35. The van der Waals surface area contributed by atoms with Crippen molar-refractivity contribution in [2.75, 3.05) is 19.7 Å². The molecule has 1 fully saturated rings. The van der Waals surface area contributed by atoms with E-state index in [4.69, 9.17) is 4.74 Å². The number of nitrogens with one attached hydrogen (secondary N) is 1. The van der Waals surface area contributed by atoms with Gasteiger partial charge in [-0.3, -0.25) is 9.59 Å². The quantitative estimate of drug-likeness (QED) is 0.808. The van der Waals surface area contributed by atoms with Gasteiger partial charge in [-0.15, -0.1) is 0 Å². The van der Waals surface area contributed by atoms with Crippen LogP contribution in [0, 0.1) is 5.92 Å². The van der Waals surface area contributed by atoms with Gasteiger partial charge in [0, 0.05) is 31.5 Å². The van der Waals surface area contributed by atoms with Crippen LogP contribution >= 0.6 is 0 Å². The average molecular weight is 314 g/mol. The first-order chi connectivity index (χ1) is 9.96. The standard InChI is InChI=1S/C13H18N2O5S/c1-2-20-13(17)10-4-3-7-15(9-10)21(18,19)12-8-14-6-5-11(12)16/h5-6,8,10H,2-4,7,9H2,1H3,(H,14,16). The van der Waals surface area contributed by atoms with Gasteiger partial charge in [-0.25, -0.2) is 8.42 Å². The molecule has 116 valence electrons. The summed E-state index contributed by atoms with van der Waals surface area (Å²) in [7, 11) is -3.89. The van der Waals surface area contributed by atoms with Crippen LogP contribution in [0.25, 0.3) is 0 Å². The van der Waals surface area contributed by atoms with Crippen molar-refractivity contribution in [3.63, 3.8) is 0 Å². The van der Waals surface area contributed by atoms with E-state index in [1.54, 1.807) is 6.92 Å². The fourth-order valence-corrected chi connectivity index (χ4v) is 3.92. The van der Waals surface area contributed by atoms with Crippen molar-refractivity contribution in [3.8, 4) is 0 Å². The van der Waals surface area contributed by atoms with Gasteiger partial charge >= 0.3 is 5.97 Å². The summed E-state index contributed by atoms with van der Waals surface area (Å²) < 4.78 is 31.1. The zero-order valence-electron chi connectivity index (χ0n) is 11.7. The molecule has 2 rings (SSSR count). The van der Waals surface area contributed by atoms with E-state index >= 15 is 0 Å². The number of carbonyl (C=O) groups excluding carboxylic acids is 1. The normalized spacial score (nSPS) is 20.1. The van der Waals surface area contributed by atoms with Gasteiger partial charge in [0.1, 0.15) is 4.90 Å². The van der Waals surface area contributed by atoms with Crippen LogP contribution in [-0.4, -0.2) is 43.4 Å². The number of sulfonamides is 1. The summed E-state index contributed by atoms with van der Waals surface area (Å²) in [6.07, 6.45) is 3.70. The molecule has 7 nitrogen and oxygen atoms in total. The largest absolute Gasteiger partial charge is 0.466 e. The van der Waals surface area contributed by atoms with Crippen LogP contribution < -0.4 is 5.43 Å². The molecule has 1 aromatic heterocycles. The van der Waals surface area contributed by atoms with Crippen molar-refractivity contribution in [2.24, 2.45) is 5.92 Å². The Morgan fingerprint density at radius 3 is 2.95 bits per heavy atom. The SMILES string of the molecule is CCOC(=O)C1CCCN(S(=O)(=O)c2c[nH]ccc2=O)C1. The number of aromatic nitrogens is 1. The summed E-state index contributed by atoms with van der Waals surface area (Å²) in [5, 5.41) is 0. The Morgan fingerprint density at radius 2 is 2.29 bits per heavy atom. The fraction of sp³-hybridized carbons (Fsp3) is 0.538. The van der Waals surface area contributed by atoms with Crippen LogP contribution in [0.1, 0.15) is 19.8 Å². The third-order valence-corrected chi connectivity index (χ3v) is 5.30. The maximum Gasteiger partial charge on any atom is 0.310 e. The Kier molecular flexibility index (Phi) is 4.79. The minimum Gasteiger partial charge on any atom is -0.466 e. The van der Waals surface area contributed by atoms with E-state index in [1.807, 2.05) is 0 Å². The average Bonchev–Trinajstić information content (AvgIpc) is 2.48. The molecular weight excluding hydrogens is 296 g/mol. The van der Waals surface area contributed by atoms with E-state index in [0.29, 0.717) is 19.4 Å². The monoisotopic (exact) mass is 314 g/mol. The van der Waals surface area contributed by atoms with E-state index in [0.717, 1.165) is 0 Å². The predicted molar refractivity (Wildman–Crippen MR) is 75.2 cm³/mol. The highest BCUT2D eigenvalue weighted by atomic mass is 32.2. The summed E-state index contributed by atoms with van der Waals surface area (Å²) in [5.74, 6) is -0.865. The van der Waals surface area contributed by atoms with Crippen molar-refractivity contribution in [2.45, 2.75) is 24.7 Å². The number of H-pyrrole nitrogens is 1. The van der Waals surface area contributed by atoms with E-state index < -0.39 is 21.4 Å². The first-order valence-corrected chi connectivity index (χ1v) is 8.24. The van der Waals surface area contributed by atoms with Gasteiger partial charge in [-0.05, 0) is 19.8 Å². The number of hydrogen-bond donors (Lipinski definition) is 1. The third-order valence-electron chi connectivity index (χ3n) is 3.41. The highest BCUT2D eigenvalue weighted by Gasteiger charge is 2.34. The summed E-state index contributed by atoms with van der Waals surface area (Å²) in [5.41, 5.74) is -0.563. The van der Waals surface area contributed by atoms with E-state index in [1.165, 1.54) is 22.8 Å². The van der Waals surface area contributed by atoms with Crippen LogP contribution in [-0.2, 0) is 19.6 Å². The minimum absolute atomic E-state index is 0.0511.